The predicted octanol–water partition coefficient (Wildman–Crippen LogP) is 0.214. The zero-order chi connectivity index (χ0) is 16.2. The highest BCUT2D eigenvalue weighted by Crippen LogP contribution is 2.27. The molecule has 2 fully saturated rings. The van der Waals surface area contributed by atoms with E-state index in [0.717, 1.165) is 44.8 Å². The molecule has 3 N–H and O–H groups in total. The molecule has 1 aliphatic carbocycles. The minimum atomic E-state index is -0.531. The number of aromatic nitrogens is 1. The molecule has 0 unspecified atom stereocenters. The van der Waals surface area contributed by atoms with Crippen molar-refractivity contribution in [1.29, 1.82) is 0 Å². The van der Waals surface area contributed by atoms with Crippen LogP contribution in [0.3, 0.4) is 0 Å². The summed E-state index contributed by atoms with van der Waals surface area (Å²) >= 11 is 0. The molecule has 2 aliphatic rings. The second-order valence-electron chi connectivity index (χ2n) is 6.68. The van der Waals surface area contributed by atoms with Crippen molar-refractivity contribution in [3.8, 4) is 0 Å². The number of hydrogen-bond acceptors (Lipinski definition) is 5. The van der Waals surface area contributed by atoms with E-state index in [1.54, 1.807) is 0 Å². The van der Waals surface area contributed by atoms with Crippen LogP contribution in [0.1, 0.15) is 25.0 Å². The zero-order valence-electron chi connectivity index (χ0n) is 13.5. The second kappa shape index (κ2) is 7.38. The molecule has 126 valence electrons. The van der Waals surface area contributed by atoms with E-state index in [1.807, 2.05) is 29.3 Å². The Labute approximate surface area is 137 Å². The highest BCUT2D eigenvalue weighted by Gasteiger charge is 2.37. The van der Waals surface area contributed by atoms with Gasteiger partial charge in [0.2, 0.25) is 5.91 Å². The fourth-order valence-electron chi connectivity index (χ4n) is 3.58. The number of amides is 1. The third kappa shape index (κ3) is 4.07. The summed E-state index contributed by atoms with van der Waals surface area (Å²) in [4.78, 5) is 21.3. The standard InChI is InChI=1S/C17H26N4O2/c18-15-10-13(11-16(15)22)17(23)21-7-3-6-20(8-9-21)12-14-4-1-2-5-19-14/h1-2,4-5,13,15-16,22H,3,6-12,18H2/t13-,15+,16+/m0/s1. The van der Waals surface area contributed by atoms with E-state index in [4.69, 9.17) is 5.73 Å². The first kappa shape index (κ1) is 16.4. The lowest BCUT2D eigenvalue weighted by Gasteiger charge is -2.24. The summed E-state index contributed by atoms with van der Waals surface area (Å²) in [6.07, 6.45) is 3.37. The molecule has 0 radical (unpaired) electrons. The lowest BCUT2D eigenvalue weighted by atomic mass is 10.1. The van der Waals surface area contributed by atoms with Crippen LogP contribution in [0.2, 0.25) is 0 Å². The maximum absolute atomic E-state index is 12.6. The van der Waals surface area contributed by atoms with Crippen molar-refractivity contribution in [2.75, 3.05) is 26.2 Å². The van der Waals surface area contributed by atoms with Gasteiger partial charge in [-0.3, -0.25) is 14.7 Å². The highest BCUT2D eigenvalue weighted by atomic mass is 16.3. The Morgan fingerprint density at radius 2 is 2.13 bits per heavy atom. The van der Waals surface area contributed by atoms with Gasteiger partial charge >= 0.3 is 0 Å². The number of pyridine rings is 1. The van der Waals surface area contributed by atoms with Crippen molar-refractivity contribution in [2.24, 2.45) is 11.7 Å². The van der Waals surface area contributed by atoms with Gasteiger partial charge in [-0.1, -0.05) is 6.07 Å². The van der Waals surface area contributed by atoms with E-state index in [-0.39, 0.29) is 17.9 Å². The van der Waals surface area contributed by atoms with Gasteiger partial charge in [-0.15, -0.1) is 0 Å². The molecule has 3 rings (SSSR count). The number of aliphatic hydroxyl groups excluding tert-OH is 1. The van der Waals surface area contributed by atoms with Crippen LogP contribution in [0.5, 0.6) is 0 Å². The van der Waals surface area contributed by atoms with Crippen LogP contribution in [0.4, 0.5) is 0 Å². The Kier molecular flexibility index (Phi) is 5.25. The first-order valence-corrected chi connectivity index (χ1v) is 8.48. The molecular weight excluding hydrogens is 292 g/mol. The average Bonchev–Trinajstić information content (AvgIpc) is 2.76. The highest BCUT2D eigenvalue weighted by molar-refractivity contribution is 5.79. The van der Waals surface area contributed by atoms with Crippen LogP contribution in [0, 0.1) is 5.92 Å². The first-order chi connectivity index (χ1) is 11.1. The quantitative estimate of drug-likeness (QED) is 0.833. The molecular formula is C17H26N4O2. The van der Waals surface area contributed by atoms with Crippen LogP contribution in [0.15, 0.2) is 24.4 Å². The lowest BCUT2D eigenvalue weighted by molar-refractivity contribution is -0.135. The van der Waals surface area contributed by atoms with Crippen molar-refractivity contribution in [2.45, 2.75) is 38.0 Å². The van der Waals surface area contributed by atoms with Crippen molar-refractivity contribution in [3.63, 3.8) is 0 Å². The van der Waals surface area contributed by atoms with E-state index < -0.39 is 6.10 Å². The molecule has 3 atom stereocenters. The Morgan fingerprint density at radius 1 is 1.26 bits per heavy atom. The van der Waals surface area contributed by atoms with Crippen molar-refractivity contribution in [1.82, 2.24) is 14.8 Å². The zero-order valence-corrected chi connectivity index (χ0v) is 13.5. The van der Waals surface area contributed by atoms with Gasteiger partial charge in [0.15, 0.2) is 0 Å². The summed E-state index contributed by atoms with van der Waals surface area (Å²) in [5, 5.41) is 9.77. The van der Waals surface area contributed by atoms with Gasteiger partial charge in [0.05, 0.1) is 11.8 Å². The third-order valence-corrected chi connectivity index (χ3v) is 4.94. The number of aliphatic hydroxyl groups is 1. The monoisotopic (exact) mass is 318 g/mol. The molecule has 1 saturated carbocycles. The van der Waals surface area contributed by atoms with Crippen molar-refractivity contribution in [3.05, 3.63) is 30.1 Å². The normalized spacial score (nSPS) is 29.5. The van der Waals surface area contributed by atoms with E-state index in [1.165, 1.54) is 0 Å². The molecule has 6 nitrogen and oxygen atoms in total. The van der Waals surface area contributed by atoms with Gasteiger partial charge in [0, 0.05) is 50.9 Å². The summed E-state index contributed by atoms with van der Waals surface area (Å²) in [5.74, 6) is 0.0547. The number of rotatable bonds is 3. The molecule has 2 heterocycles. The molecule has 0 bridgehead atoms. The second-order valence-corrected chi connectivity index (χ2v) is 6.68. The molecule has 1 amide bonds. The van der Waals surface area contributed by atoms with Gasteiger partial charge in [-0.05, 0) is 31.4 Å². The molecule has 1 aromatic rings. The smallest absolute Gasteiger partial charge is 0.225 e. The van der Waals surface area contributed by atoms with Crippen LogP contribution in [0.25, 0.3) is 0 Å². The number of hydrogen-bond donors (Lipinski definition) is 2. The molecule has 1 aliphatic heterocycles. The van der Waals surface area contributed by atoms with E-state index in [2.05, 4.69) is 9.88 Å². The topological polar surface area (TPSA) is 82.7 Å². The Hall–Kier alpha value is -1.50. The number of carbonyl (C=O) groups is 1. The summed E-state index contributed by atoms with van der Waals surface area (Å²) in [7, 11) is 0. The van der Waals surface area contributed by atoms with E-state index in [9.17, 15) is 9.90 Å². The number of nitrogens with zero attached hydrogens (tertiary/aromatic N) is 3. The van der Waals surface area contributed by atoms with Crippen LogP contribution in [-0.4, -0.2) is 64.1 Å². The number of nitrogens with two attached hydrogens (primary N) is 1. The fourth-order valence-corrected chi connectivity index (χ4v) is 3.58. The van der Waals surface area contributed by atoms with E-state index >= 15 is 0 Å². The van der Waals surface area contributed by atoms with Gasteiger partial charge in [0.25, 0.3) is 0 Å². The van der Waals surface area contributed by atoms with Crippen molar-refractivity contribution < 1.29 is 9.90 Å². The summed E-state index contributed by atoms with van der Waals surface area (Å²) in [6.45, 7) is 4.21. The first-order valence-electron chi connectivity index (χ1n) is 8.48. The molecule has 6 heteroatoms. The fraction of sp³-hybridized carbons (Fsp3) is 0.647. The molecule has 0 aromatic carbocycles. The maximum Gasteiger partial charge on any atom is 0.225 e. The van der Waals surface area contributed by atoms with Gasteiger partial charge < -0.3 is 15.7 Å². The van der Waals surface area contributed by atoms with E-state index in [0.29, 0.717) is 12.8 Å². The molecule has 1 aromatic heterocycles. The molecule has 23 heavy (non-hydrogen) atoms. The summed E-state index contributed by atoms with van der Waals surface area (Å²) in [5.41, 5.74) is 6.91. The summed E-state index contributed by atoms with van der Waals surface area (Å²) in [6, 6.07) is 5.71. The largest absolute Gasteiger partial charge is 0.391 e. The van der Waals surface area contributed by atoms with Crippen molar-refractivity contribution >= 4 is 5.91 Å². The maximum atomic E-state index is 12.6. The third-order valence-electron chi connectivity index (χ3n) is 4.94. The summed E-state index contributed by atoms with van der Waals surface area (Å²) < 4.78 is 0. The predicted molar refractivity (Wildman–Crippen MR) is 87.4 cm³/mol. The minimum absolute atomic E-state index is 0.109. The van der Waals surface area contributed by atoms with Crippen LogP contribution < -0.4 is 5.73 Å². The molecule has 1 saturated heterocycles. The van der Waals surface area contributed by atoms with Crippen LogP contribution in [-0.2, 0) is 11.3 Å². The lowest BCUT2D eigenvalue weighted by Crippen LogP contribution is -2.38. The Morgan fingerprint density at radius 3 is 2.83 bits per heavy atom. The molecule has 0 spiro atoms. The Balaban J connectivity index is 1.53. The minimum Gasteiger partial charge on any atom is -0.391 e. The van der Waals surface area contributed by atoms with Gasteiger partial charge in [0.1, 0.15) is 0 Å². The SMILES string of the molecule is N[C@@H]1C[C@H](C(=O)N2CCCN(Cc3ccccn3)CC2)C[C@H]1O. The van der Waals surface area contributed by atoms with Gasteiger partial charge in [-0.2, -0.15) is 0 Å². The number of carbonyl (C=O) groups excluding carboxylic acids is 1. The van der Waals surface area contributed by atoms with Gasteiger partial charge in [-0.25, -0.2) is 0 Å². The Bertz CT molecular complexity index is 515. The average molecular weight is 318 g/mol. The van der Waals surface area contributed by atoms with Crippen LogP contribution >= 0.6 is 0 Å².